The standard InChI is InChI=1S/C42H33O3S4.C4HF9O3S/c1-28(43)31-4-10-34(11-5-31)46-37-16-22-40(23-17-37)49(41-24-18-38(19-25-41)47-35-12-6-32(7-13-35)29(2)44)42-26-20-39(21-27-42)48-36-14-8-33(9-15-36)30(3)45;5-1(6,3(9,10)11)2(7,8)4(12,13)17(14,15)16/h4-27H,1-3H3;(H,14,15,16)/q+1;/p-1. The van der Waals surface area contributed by atoms with Crippen LogP contribution in [0.2, 0.25) is 0 Å². The van der Waals surface area contributed by atoms with Crippen molar-refractivity contribution in [3.05, 3.63) is 162 Å². The van der Waals surface area contributed by atoms with E-state index in [-0.39, 0.29) is 28.2 Å². The predicted molar refractivity (Wildman–Crippen MR) is 234 cm³/mol. The molecule has 0 atom stereocenters. The van der Waals surface area contributed by atoms with E-state index in [1.165, 1.54) is 14.7 Å². The van der Waals surface area contributed by atoms with E-state index >= 15 is 0 Å². The number of benzene rings is 6. The summed E-state index contributed by atoms with van der Waals surface area (Å²) < 4.78 is 135. The molecule has 0 bridgehead atoms. The van der Waals surface area contributed by atoms with Crippen LogP contribution in [-0.4, -0.2) is 53.6 Å². The van der Waals surface area contributed by atoms with Crippen molar-refractivity contribution >= 4 is 73.6 Å². The van der Waals surface area contributed by atoms with Gasteiger partial charge in [-0.3, -0.25) is 14.4 Å². The largest absolute Gasteiger partial charge is 0.743 e. The molecule has 66 heavy (non-hydrogen) atoms. The summed E-state index contributed by atoms with van der Waals surface area (Å²) in [6.07, 6.45) is -7.16. The second-order valence-electron chi connectivity index (χ2n) is 13.9. The second kappa shape index (κ2) is 20.9. The first kappa shape index (κ1) is 52.0. The van der Waals surface area contributed by atoms with Crippen molar-refractivity contribution in [3.8, 4) is 0 Å². The van der Waals surface area contributed by atoms with Crippen molar-refractivity contribution in [2.75, 3.05) is 0 Å². The van der Waals surface area contributed by atoms with Crippen molar-refractivity contribution in [2.45, 2.75) is 88.1 Å². The first-order valence-electron chi connectivity index (χ1n) is 18.8. The number of alkyl halides is 9. The first-order valence-corrected chi connectivity index (χ1v) is 23.9. The number of carbonyl (C=O) groups is 3. The van der Waals surface area contributed by atoms with Gasteiger partial charge in [0, 0.05) is 46.1 Å². The van der Waals surface area contributed by atoms with Crippen LogP contribution in [0.4, 0.5) is 39.5 Å². The van der Waals surface area contributed by atoms with Gasteiger partial charge in [-0.1, -0.05) is 71.7 Å². The zero-order valence-corrected chi connectivity index (χ0v) is 38.3. The quantitative estimate of drug-likeness (QED) is 0.0430. The zero-order valence-electron chi connectivity index (χ0n) is 34.2. The summed E-state index contributed by atoms with van der Waals surface area (Å²) in [5.41, 5.74) is 2.15. The number of hydrogen-bond donors (Lipinski definition) is 0. The van der Waals surface area contributed by atoms with Crippen LogP contribution in [0, 0.1) is 0 Å². The Morgan fingerprint density at radius 3 is 0.803 bits per heavy atom. The molecule has 0 radical (unpaired) electrons. The smallest absolute Gasteiger partial charge is 0.460 e. The lowest BCUT2D eigenvalue weighted by atomic mass is 10.1. The minimum atomic E-state index is -7.43. The number of hydrogen-bond acceptors (Lipinski definition) is 9. The minimum absolute atomic E-state index is 0.0674. The van der Waals surface area contributed by atoms with Crippen LogP contribution < -0.4 is 0 Å². The van der Waals surface area contributed by atoms with Crippen LogP contribution in [0.15, 0.2) is 190 Å². The minimum Gasteiger partial charge on any atom is -0.743 e. The highest BCUT2D eigenvalue weighted by Crippen LogP contribution is 2.54. The third kappa shape index (κ3) is 12.3. The lowest BCUT2D eigenvalue weighted by Crippen LogP contribution is -2.63. The van der Waals surface area contributed by atoms with E-state index in [1.54, 1.807) is 56.1 Å². The monoisotopic (exact) mass is 1010 g/mol. The summed E-state index contributed by atoms with van der Waals surface area (Å²) in [5.74, 6) is -14.6. The van der Waals surface area contributed by atoms with Crippen LogP contribution in [0.25, 0.3) is 0 Å². The van der Waals surface area contributed by atoms with Crippen molar-refractivity contribution in [2.24, 2.45) is 0 Å². The molecule has 0 heterocycles. The van der Waals surface area contributed by atoms with Gasteiger partial charge in [-0.05, 0) is 130 Å². The van der Waals surface area contributed by atoms with Gasteiger partial charge < -0.3 is 4.55 Å². The maximum atomic E-state index is 12.2. The topological polar surface area (TPSA) is 108 Å². The molecule has 346 valence electrons. The van der Waals surface area contributed by atoms with Gasteiger partial charge in [0.05, 0.1) is 10.9 Å². The highest BCUT2D eigenvalue weighted by atomic mass is 32.2. The fourth-order valence-corrected chi connectivity index (χ4v) is 10.5. The van der Waals surface area contributed by atoms with Gasteiger partial charge in [0.25, 0.3) is 0 Å². The average Bonchev–Trinajstić information content (AvgIpc) is 3.25. The third-order valence-electron chi connectivity index (χ3n) is 9.10. The molecule has 0 fully saturated rings. The van der Waals surface area contributed by atoms with E-state index in [4.69, 9.17) is 0 Å². The number of Topliss-reactive ketones (excluding diaryl/α,β-unsaturated/α-hetero) is 3. The Labute approximate surface area is 388 Å². The molecular formula is C46H33F9O6S5. The van der Waals surface area contributed by atoms with Crippen molar-refractivity contribution in [1.29, 1.82) is 0 Å². The lowest BCUT2D eigenvalue weighted by molar-refractivity contribution is -0.382. The van der Waals surface area contributed by atoms with E-state index < -0.39 is 33.4 Å². The lowest BCUT2D eigenvalue weighted by Gasteiger charge is -2.34. The average molecular weight is 1010 g/mol. The van der Waals surface area contributed by atoms with Gasteiger partial charge in [-0.2, -0.15) is 39.5 Å². The van der Waals surface area contributed by atoms with E-state index in [0.29, 0.717) is 16.7 Å². The van der Waals surface area contributed by atoms with Gasteiger partial charge in [0.2, 0.25) is 0 Å². The molecule has 6 aromatic rings. The molecule has 0 saturated heterocycles. The van der Waals surface area contributed by atoms with Crippen LogP contribution >= 0.6 is 35.3 Å². The Hall–Kier alpha value is -4.99. The summed E-state index contributed by atoms with van der Waals surface area (Å²) >= 11 is 5.04. The Balaban J connectivity index is 0.000000409. The molecule has 0 aliphatic heterocycles. The molecule has 6 aromatic carbocycles. The summed E-state index contributed by atoms with van der Waals surface area (Å²) in [7, 11) is -7.76. The van der Waals surface area contributed by atoms with Crippen molar-refractivity contribution in [3.63, 3.8) is 0 Å². The van der Waals surface area contributed by atoms with E-state index in [1.807, 2.05) is 72.8 Å². The molecule has 0 aromatic heterocycles. The summed E-state index contributed by atoms with van der Waals surface area (Å²) in [6, 6.07) is 49.5. The molecule has 0 amide bonds. The molecular weight excluding hydrogens is 980 g/mol. The fraction of sp³-hybridized carbons (Fsp3) is 0.152. The van der Waals surface area contributed by atoms with Crippen molar-refractivity contribution in [1.82, 2.24) is 0 Å². The van der Waals surface area contributed by atoms with E-state index in [9.17, 15) is 66.9 Å². The number of halogens is 9. The number of carbonyl (C=O) groups excluding carboxylic acids is 3. The van der Waals surface area contributed by atoms with Crippen LogP contribution in [0.1, 0.15) is 51.8 Å². The van der Waals surface area contributed by atoms with E-state index in [0.717, 1.165) is 29.4 Å². The highest BCUT2D eigenvalue weighted by molar-refractivity contribution is 8.00. The van der Waals surface area contributed by atoms with Crippen molar-refractivity contribution < 1.29 is 66.9 Å². The normalized spacial score (nSPS) is 12.3. The van der Waals surface area contributed by atoms with Gasteiger partial charge in [-0.15, -0.1) is 0 Å². The van der Waals surface area contributed by atoms with Gasteiger partial charge in [-0.25, -0.2) is 8.42 Å². The first-order chi connectivity index (χ1) is 30.7. The summed E-state index contributed by atoms with van der Waals surface area (Å²) in [5, 5.41) is -7.11. The maximum Gasteiger partial charge on any atom is 0.460 e. The van der Waals surface area contributed by atoms with Crippen LogP contribution in [0.3, 0.4) is 0 Å². The fourth-order valence-electron chi connectivity index (χ4n) is 5.54. The molecule has 0 N–H and O–H groups in total. The molecule has 0 saturated carbocycles. The van der Waals surface area contributed by atoms with Crippen LogP contribution in [-0.2, 0) is 21.0 Å². The molecule has 6 nitrogen and oxygen atoms in total. The third-order valence-corrected chi connectivity index (χ3v) is 15.3. The SMILES string of the molecule is CC(=O)c1ccc(Sc2ccc([S+](c3ccc(Sc4ccc(C(C)=O)cc4)cc3)c3ccc(Sc4ccc(C(C)=O)cc4)cc3)cc2)cc1.O=S(=O)([O-])C(F)(F)C(F)(F)C(F)(F)C(F)(F)F. The van der Waals surface area contributed by atoms with Gasteiger partial charge in [0.1, 0.15) is 0 Å². The Morgan fingerprint density at radius 1 is 0.409 bits per heavy atom. The van der Waals surface area contributed by atoms with Gasteiger partial charge >= 0.3 is 23.3 Å². The second-order valence-corrected chi connectivity index (χ2v) is 20.8. The Bertz CT molecular complexity index is 2520. The zero-order chi connectivity index (χ0) is 48.8. The predicted octanol–water partition coefficient (Wildman–Crippen LogP) is 13.8. The van der Waals surface area contributed by atoms with Crippen LogP contribution in [0.5, 0.6) is 0 Å². The Morgan fingerprint density at radius 2 is 0.621 bits per heavy atom. The Kier molecular flexibility index (Phi) is 16.5. The number of ketones is 3. The highest BCUT2D eigenvalue weighted by Gasteiger charge is 2.83. The van der Waals surface area contributed by atoms with Gasteiger partial charge in [0.15, 0.2) is 42.2 Å². The molecule has 0 spiro atoms. The van der Waals surface area contributed by atoms with E-state index in [2.05, 4.69) is 72.8 Å². The molecule has 0 aliphatic carbocycles. The molecule has 0 aliphatic rings. The summed E-state index contributed by atoms with van der Waals surface area (Å²) in [6.45, 7) is 4.75. The molecule has 0 unspecified atom stereocenters. The summed E-state index contributed by atoms with van der Waals surface area (Å²) in [4.78, 5) is 45.4. The molecule has 6 rings (SSSR count). The number of rotatable bonds is 15. The molecule has 20 heteroatoms. The maximum absolute atomic E-state index is 12.2.